The van der Waals surface area contributed by atoms with Crippen molar-refractivity contribution >= 4 is 0 Å². The van der Waals surface area contributed by atoms with Crippen molar-refractivity contribution in [3.8, 4) is 11.1 Å². The SMILES string of the molecule is CC1C(CN(C)C(C)c2ccccc2)OC(c2ccc(-c3ccccc3CN)cc2)OC1c1ccc(CO)cc1. The van der Waals surface area contributed by atoms with E-state index >= 15 is 0 Å². The van der Waals surface area contributed by atoms with Crippen molar-refractivity contribution in [2.75, 3.05) is 13.6 Å². The zero-order chi connectivity index (χ0) is 28.1. The number of hydrogen-bond acceptors (Lipinski definition) is 5. The first-order valence-electron chi connectivity index (χ1n) is 14.1. The molecular formula is C35H40N2O3. The Balaban J connectivity index is 1.41. The summed E-state index contributed by atoms with van der Waals surface area (Å²) in [5.74, 6) is 0.123. The third-order valence-corrected chi connectivity index (χ3v) is 8.27. The lowest BCUT2D eigenvalue weighted by Crippen LogP contribution is -2.44. The molecule has 5 rings (SSSR count). The Labute approximate surface area is 238 Å². The summed E-state index contributed by atoms with van der Waals surface area (Å²) in [7, 11) is 2.16. The second-order valence-corrected chi connectivity index (χ2v) is 10.8. The largest absolute Gasteiger partial charge is 0.392 e. The highest BCUT2D eigenvalue weighted by Gasteiger charge is 2.39. The molecule has 40 heavy (non-hydrogen) atoms. The van der Waals surface area contributed by atoms with Crippen LogP contribution in [0, 0.1) is 5.92 Å². The second-order valence-electron chi connectivity index (χ2n) is 10.8. The zero-order valence-electron chi connectivity index (χ0n) is 23.6. The van der Waals surface area contributed by atoms with Crippen LogP contribution in [-0.4, -0.2) is 29.7 Å². The van der Waals surface area contributed by atoms with E-state index in [-0.39, 0.29) is 30.8 Å². The minimum absolute atomic E-state index is 0.0253. The maximum atomic E-state index is 9.54. The standard InChI is InChI=1S/C35H40N2O3/c1-24-33(22-37(3)25(2)27-9-5-4-6-10-27)39-35(40-34(24)29-15-13-26(23-38)14-16-29)30-19-17-28(18-20-30)32-12-8-7-11-31(32)21-36/h4-20,24-25,33-35,38H,21-23,36H2,1-3H3. The van der Waals surface area contributed by atoms with Crippen LogP contribution >= 0.6 is 0 Å². The average Bonchev–Trinajstić information content (AvgIpc) is 3.02. The van der Waals surface area contributed by atoms with Gasteiger partial charge in [0, 0.05) is 30.6 Å². The van der Waals surface area contributed by atoms with Gasteiger partial charge in [0.25, 0.3) is 0 Å². The lowest BCUT2D eigenvalue weighted by Gasteiger charge is -2.43. The van der Waals surface area contributed by atoms with Crippen LogP contribution in [0.3, 0.4) is 0 Å². The number of nitrogens with zero attached hydrogens (tertiary/aromatic N) is 1. The molecule has 1 aliphatic rings. The predicted molar refractivity (Wildman–Crippen MR) is 160 cm³/mol. The third-order valence-electron chi connectivity index (χ3n) is 8.27. The Morgan fingerprint density at radius 2 is 1.48 bits per heavy atom. The number of nitrogens with two attached hydrogens (primary N) is 1. The summed E-state index contributed by atoms with van der Waals surface area (Å²) in [6.45, 7) is 5.74. The van der Waals surface area contributed by atoms with Crippen LogP contribution in [0.5, 0.6) is 0 Å². The van der Waals surface area contributed by atoms with E-state index in [0.717, 1.165) is 39.9 Å². The minimum atomic E-state index is -0.497. The van der Waals surface area contributed by atoms with Gasteiger partial charge < -0.3 is 20.3 Å². The number of ether oxygens (including phenoxy) is 2. The molecule has 208 valence electrons. The number of likely N-dealkylation sites (N-methyl/N-ethyl adjacent to an activating group) is 1. The van der Waals surface area contributed by atoms with Crippen LogP contribution in [-0.2, 0) is 22.6 Å². The molecule has 0 aromatic heterocycles. The smallest absolute Gasteiger partial charge is 0.184 e. The monoisotopic (exact) mass is 536 g/mol. The first kappa shape index (κ1) is 28.2. The Kier molecular flexibility index (Phi) is 9.10. The van der Waals surface area contributed by atoms with Crippen molar-refractivity contribution < 1.29 is 14.6 Å². The van der Waals surface area contributed by atoms with Crippen molar-refractivity contribution in [2.45, 2.75) is 51.5 Å². The molecule has 5 nitrogen and oxygen atoms in total. The molecule has 0 amide bonds. The van der Waals surface area contributed by atoms with Crippen LogP contribution in [0.2, 0.25) is 0 Å². The third kappa shape index (κ3) is 6.20. The maximum Gasteiger partial charge on any atom is 0.184 e. The number of benzene rings is 4. The first-order valence-corrected chi connectivity index (χ1v) is 14.1. The summed E-state index contributed by atoms with van der Waals surface area (Å²) in [4.78, 5) is 2.36. The van der Waals surface area contributed by atoms with E-state index in [0.29, 0.717) is 6.54 Å². The molecule has 4 aromatic carbocycles. The van der Waals surface area contributed by atoms with E-state index in [4.69, 9.17) is 15.2 Å². The minimum Gasteiger partial charge on any atom is -0.392 e. The van der Waals surface area contributed by atoms with E-state index < -0.39 is 6.29 Å². The highest BCUT2D eigenvalue weighted by molar-refractivity contribution is 5.67. The molecule has 5 heteroatoms. The molecule has 0 spiro atoms. The summed E-state index contributed by atoms with van der Waals surface area (Å²) in [6, 6.07) is 35.6. The molecule has 0 aliphatic carbocycles. The fraction of sp³-hybridized carbons (Fsp3) is 0.314. The van der Waals surface area contributed by atoms with Gasteiger partial charge in [0.1, 0.15) is 0 Å². The topological polar surface area (TPSA) is 68.0 Å². The Morgan fingerprint density at radius 3 is 2.15 bits per heavy atom. The van der Waals surface area contributed by atoms with Crippen molar-refractivity contribution in [2.24, 2.45) is 11.7 Å². The van der Waals surface area contributed by atoms with Crippen LogP contribution in [0.25, 0.3) is 11.1 Å². The maximum absolute atomic E-state index is 9.54. The van der Waals surface area contributed by atoms with Gasteiger partial charge in [0.2, 0.25) is 0 Å². The number of aliphatic hydroxyl groups excluding tert-OH is 1. The van der Waals surface area contributed by atoms with Crippen molar-refractivity contribution in [1.29, 1.82) is 0 Å². The second kappa shape index (κ2) is 12.9. The molecule has 5 unspecified atom stereocenters. The van der Waals surface area contributed by atoms with Gasteiger partial charge in [-0.05, 0) is 47.4 Å². The van der Waals surface area contributed by atoms with Gasteiger partial charge in [-0.3, -0.25) is 4.90 Å². The summed E-state index contributed by atoms with van der Waals surface area (Å²) in [5.41, 5.74) is 13.6. The highest BCUT2D eigenvalue weighted by atomic mass is 16.7. The molecule has 5 atom stereocenters. The molecule has 1 heterocycles. The van der Waals surface area contributed by atoms with E-state index in [1.54, 1.807) is 0 Å². The van der Waals surface area contributed by atoms with E-state index in [2.05, 4.69) is 105 Å². The summed E-state index contributed by atoms with van der Waals surface area (Å²) in [5, 5.41) is 9.54. The first-order chi connectivity index (χ1) is 19.5. The normalized spacial score (nSPS) is 21.9. The lowest BCUT2D eigenvalue weighted by molar-refractivity contribution is -0.276. The fourth-order valence-electron chi connectivity index (χ4n) is 5.56. The summed E-state index contributed by atoms with van der Waals surface area (Å²) < 4.78 is 13.4. The molecule has 1 saturated heterocycles. The number of aliphatic hydroxyl groups is 1. The van der Waals surface area contributed by atoms with Gasteiger partial charge >= 0.3 is 0 Å². The van der Waals surface area contributed by atoms with Crippen LogP contribution < -0.4 is 5.73 Å². The Hall–Kier alpha value is -3.32. The van der Waals surface area contributed by atoms with Crippen molar-refractivity contribution in [1.82, 2.24) is 4.90 Å². The Morgan fingerprint density at radius 1 is 0.825 bits per heavy atom. The quantitative estimate of drug-likeness (QED) is 0.247. The lowest BCUT2D eigenvalue weighted by atomic mass is 9.89. The summed E-state index contributed by atoms with van der Waals surface area (Å²) >= 11 is 0. The molecule has 0 saturated carbocycles. The van der Waals surface area contributed by atoms with Gasteiger partial charge in [-0.15, -0.1) is 0 Å². The molecule has 1 aliphatic heterocycles. The highest BCUT2D eigenvalue weighted by Crippen LogP contribution is 2.42. The van der Waals surface area contributed by atoms with Crippen molar-refractivity contribution in [3.63, 3.8) is 0 Å². The molecule has 0 bridgehead atoms. The van der Waals surface area contributed by atoms with E-state index in [1.165, 1.54) is 5.56 Å². The molecule has 0 radical (unpaired) electrons. The van der Waals surface area contributed by atoms with Crippen LogP contribution in [0.4, 0.5) is 0 Å². The fourth-order valence-corrected chi connectivity index (χ4v) is 5.56. The van der Waals surface area contributed by atoms with Gasteiger partial charge in [0.05, 0.1) is 18.8 Å². The molecular weight excluding hydrogens is 496 g/mol. The van der Waals surface area contributed by atoms with Gasteiger partial charge in [0.15, 0.2) is 6.29 Å². The molecule has 4 aromatic rings. The van der Waals surface area contributed by atoms with E-state index in [9.17, 15) is 5.11 Å². The molecule has 1 fully saturated rings. The molecule has 3 N–H and O–H groups in total. The summed E-state index contributed by atoms with van der Waals surface area (Å²) in [6.07, 6.45) is -0.687. The van der Waals surface area contributed by atoms with Gasteiger partial charge in [-0.2, -0.15) is 0 Å². The zero-order valence-corrected chi connectivity index (χ0v) is 23.6. The van der Waals surface area contributed by atoms with Crippen LogP contribution in [0.1, 0.15) is 60.1 Å². The number of rotatable bonds is 9. The predicted octanol–water partition coefficient (Wildman–Crippen LogP) is 6.79. The van der Waals surface area contributed by atoms with E-state index in [1.807, 2.05) is 24.3 Å². The van der Waals surface area contributed by atoms with Crippen LogP contribution in [0.15, 0.2) is 103 Å². The van der Waals surface area contributed by atoms with Crippen molar-refractivity contribution in [3.05, 3.63) is 131 Å². The average molecular weight is 537 g/mol. The van der Waals surface area contributed by atoms with Gasteiger partial charge in [-0.25, -0.2) is 0 Å². The van der Waals surface area contributed by atoms with Gasteiger partial charge in [-0.1, -0.05) is 110 Å². The number of hydrogen-bond donors (Lipinski definition) is 2. The Bertz CT molecular complexity index is 1360.